The molecule has 0 saturated carbocycles. The minimum absolute atomic E-state index is 0.265. The zero-order valence-corrected chi connectivity index (χ0v) is 11.1. The highest BCUT2D eigenvalue weighted by molar-refractivity contribution is 5.36. The minimum atomic E-state index is -0.302. The van der Waals surface area contributed by atoms with Crippen LogP contribution in [0.2, 0.25) is 0 Å². The number of benzene rings is 1. The van der Waals surface area contributed by atoms with E-state index in [1.807, 2.05) is 17.8 Å². The van der Waals surface area contributed by atoms with E-state index in [-0.39, 0.29) is 11.9 Å². The molecule has 4 nitrogen and oxygen atoms in total. The number of rotatable bonds is 5. The third-order valence-corrected chi connectivity index (χ3v) is 2.97. The van der Waals surface area contributed by atoms with Gasteiger partial charge in [0.25, 0.3) is 0 Å². The van der Waals surface area contributed by atoms with E-state index in [0.717, 1.165) is 5.82 Å². The second-order valence-corrected chi connectivity index (χ2v) is 4.52. The SMILES string of the molecule is CC(N)c1cc(F)ccc1OCCc1nccn1C. The standard InChI is InChI=1S/C14H18FN3O/c1-10(16)12-9-11(15)3-4-13(12)19-8-5-14-17-6-7-18(14)2/h3-4,6-7,9-10H,5,8,16H2,1-2H3. The van der Waals surface area contributed by atoms with E-state index in [1.165, 1.54) is 12.1 Å². The Kier molecular flexibility index (Phi) is 4.16. The lowest BCUT2D eigenvalue weighted by atomic mass is 10.1. The molecule has 0 saturated heterocycles. The third kappa shape index (κ3) is 3.32. The van der Waals surface area contributed by atoms with Gasteiger partial charge in [-0.25, -0.2) is 9.37 Å². The lowest BCUT2D eigenvalue weighted by Crippen LogP contribution is -2.11. The third-order valence-electron chi connectivity index (χ3n) is 2.97. The Morgan fingerprint density at radius 3 is 2.89 bits per heavy atom. The second-order valence-electron chi connectivity index (χ2n) is 4.52. The highest BCUT2D eigenvalue weighted by atomic mass is 19.1. The molecule has 0 radical (unpaired) electrons. The molecule has 1 heterocycles. The van der Waals surface area contributed by atoms with Crippen molar-refractivity contribution in [1.82, 2.24) is 9.55 Å². The monoisotopic (exact) mass is 263 g/mol. The number of imidazole rings is 1. The van der Waals surface area contributed by atoms with Gasteiger partial charge in [0.2, 0.25) is 0 Å². The summed E-state index contributed by atoms with van der Waals surface area (Å²) in [7, 11) is 1.94. The molecule has 5 heteroatoms. The van der Waals surface area contributed by atoms with Crippen LogP contribution in [0, 0.1) is 5.82 Å². The van der Waals surface area contributed by atoms with Gasteiger partial charge in [-0.15, -0.1) is 0 Å². The van der Waals surface area contributed by atoms with Crippen molar-refractivity contribution in [2.24, 2.45) is 12.8 Å². The highest BCUT2D eigenvalue weighted by Gasteiger charge is 2.10. The highest BCUT2D eigenvalue weighted by Crippen LogP contribution is 2.24. The van der Waals surface area contributed by atoms with Crippen LogP contribution in [0.25, 0.3) is 0 Å². The summed E-state index contributed by atoms with van der Waals surface area (Å²) in [6, 6.07) is 4.15. The van der Waals surface area contributed by atoms with Gasteiger partial charge in [-0.2, -0.15) is 0 Å². The first-order chi connectivity index (χ1) is 9.08. The zero-order valence-electron chi connectivity index (χ0n) is 11.1. The van der Waals surface area contributed by atoms with Crippen molar-refractivity contribution >= 4 is 0 Å². The molecular formula is C14H18FN3O. The number of halogens is 1. The first-order valence-electron chi connectivity index (χ1n) is 6.22. The molecule has 0 bridgehead atoms. The van der Waals surface area contributed by atoms with E-state index < -0.39 is 0 Å². The van der Waals surface area contributed by atoms with Crippen LogP contribution in [0.4, 0.5) is 4.39 Å². The Morgan fingerprint density at radius 2 is 2.26 bits per heavy atom. The van der Waals surface area contributed by atoms with Gasteiger partial charge < -0.3 is 15.0 Å². The number of hydrogen-bond donors (Lipinski definition) is 1. The number of aromatic nitrogens is 2. The summed E-state index contributed by atoms with van der Waals surface area (Å²) in [6.07, 6.45) is 4.33. The molecule has 0 aliphatic carbocycles. The summed E-state index contributed by atoms with van der Waals surface area (Å²) in [5.41, 5.74) is 6.49. The van der Waals surface area contributed by atoms with Gasteiger partial charge in [0.05, 0.1) is 6.61 Å². The van der Waals surface area contributed by atoms with E-state index in [1.54, 1.807) is 19.2 Å². The van der Waals surface area contributed by atoms with Gasteiger partial charge in [0.1, 0.15) is 17.4 Å². The molecule has 1 atom stereocenters. The summed E-state index contributed by atoms with van der Waals surface area (Å²) in [5.74, 6) is 1.28. The Balaban J connectivity index is 2.01. The van der Waals surface area contributed by atoms with Crippen LogP contribution >= 0.6 is 0 Å². The molecule has 0 amide bonds. The molecule has 1 aromatic heterocycles. The van der Waals surface area contributed by atoms with E-state index in [2.05, 4.69) is 4.98 Å². The number of nitrogens with zero attached hydrogens (tertiary/aromatic N) is 2. The maximum Gasteiger partial charge on any atom is 0.124 e. The second kappa shape index (κ2) is 5.84. The number of nitrogens with two attached hydrogens (primary N) is 1. The Labute approximate surface area is 112 Å². The normalized spacial score (nSPS) is 12.4. The van der Waals surface area contributed by atoms with Gasteiger partial charge in [0.15, 0.2) is 0 Å². The van der Waals surface area contributed by atoms with Crippen molar-refractivity contribution in [2.45, 2.75) is 19.4 Å². The summed E-state index contributed by atoms with van der Waals surface area (Å²) in [6.45, 7) is 2.29. The van der Waals surface area contributed by atoms with Crippen LogP contribution in [0.15, 0.2) is 30.6 Å². The predicted molar refractivity (Wildman–Crippen MR) is 71.4 cm³/mol. The molecular weight excluding hydrogens is 245 g/mol. The van der Waals surface area contributed by atoms with Crippen LogP contribution in [-0.4, -0.2) is 16.2 Å². The Morgan fingerprint density at radius 1 is 1.47 bits per heavy atom. The van der Waals surface area contributed by atoms with Crippen molar-refractivity contribution in [3.8, 4) is 5.75 Å². The number of aryl methyl sites for hydroxylation is 1. The fourth-order valence-corrected chi connectivity index (χ4v) is 1.90. The van der Waals surface area contributed by atoms with E-state index in [9.17, 15) is 4.39 Å². The van der Waals surface area contributed by atoms with Gasteiger partial charge in [-0.05, 0) is 25.1 Å². The lowest BCUT2D eigenvalue weighted by molar-refractivity contribution is 0.312. The maximum atomic E-state index is 13.2. The van der Waals surface area contributed by atoms with E-state index in [4.69, 9.17) is 10.5 Å². The minimum Gasteiger partial charge on any atom is -0.493 e. The summed E-state index contributed by atoms with van der Waals surface area (Å²) >= 11 is 0. The zero-order chi connectivity index (χ0) is 13.8. The quantitative estimate of drug-likeness (QED) is 0.899. The molecule has 2 rings (SSSR count). The van der Waals surface area contributed by atoms with Crippen molar-refractivity contribution < 1.29 is 9.13 Å². The van der Waals surface area contributed by atoms with Gasteiger partial charge >= 0.3 is 0 Å². The topological polar surface area (TPSA) is 53.1 Å². The van der Waals surface area contributed by atoms with E-state index in [0.29, 0.717) is 24.3 Å². The maximum absolute atomic E-state index is 13.2. The molecule has 0 fully saturated rings. The smallest absolute Gasteiger partial charge is 0.124 e. The molecule has 2 N–H and O–H groups in total. The average Bonchev–Trinajstić information content (AvgIpc) is 2.77. The lowest BCUT2D eigenvalue weighted by Gasteiger charge is -2.14. The predicted octanol–water partition coefficient (Wildman–Crippen LogP) is 2.20. The fourth-order valence-electron chi connectivity index (χ4n) is 1.90. The number of hydrogen-bond acceptors (Lipinski definition) is 3. The van der Waals surface area contributed by atoms with Crippen LogP contribution < -0.4 is 10.5 Å². The molecule has 0 aliphatic heterocycles. The summed E-state index contributed by atoms with van der Waals surface area (Å²) in [5, 5.41) is 0. The summed E-state index contributed by atoms with van der Waals surface area (Å²) < 4.78 is 20.8. The molecule has 2 aromatic rings. The molecule has 1 unspecified atom stereocenters. The molecule has 0 aliphatic rings. The Bertz CT molecular complexity index is 551. The fraction of sp³-hybridized carbons (Fsp3) is 0.357. The first kappa shape index (κ1) is 13.5. The van der Waals surface area contributed by atoms with Crippen molar-refractivity contribution in [3.05, 3.63) is 47.8 Å². The first-order valence-corrected chi connectivity index (χ1v) is 6.22. The molecule has 102 valence electrons. The van der Waals surface area contributed by atoms with Crippen molar-refractivity contribution in [3.63, 3.8) is 0 Å². The average molecular weight is 263 g/mol. The molecule has 0 spiro atoms. The van der Waals surface area contributed by atoms with Gasteiger partial charge in [0, 0.05) is 37.5 Å². The van der Waals surface area contributed by atoms with Gasteiger partial charge in [-0.1, -0.05) is 0 Å². The van der Waals surface area contributed by atoms with E-state index >= 15 is 0 Å². The Hall–Kier alpha value is -1.88. The van der Waals surface area contributed by atoms with Crippen LogP contribution in [0.1, 0.15) is 24.4 Å². The largest absolute Gasteiger partial charge is 0.493 e. The van der Waals surface area contributed by atoms with Crippen molar-refractivity contribution in [2.75, 3.05) is 6.61 Å². The molecule has 1 aromatic carbocycles. The van der Waals surface area contributed by atoms with Crippen LogP contribution in [-0.2, 0) is 13.5 Å². The van der Waals surface area contributed by atoms with Gasteiger partial charge in [-0.3, -0.25) is 0 Å². The van der Waals surface area contributed by atoms with Crippen LogP contribution in [0.3, 0.4) is 0 Å². The number of ether oxygens (including phenoxy) is 1. The van der Waals surface area contributed by atoms with Crippen molar-refractivity contribution in [1.29, 1.82) is 0 Å². The molecule has 19 heavy (non-hydrogen) atoms. The van der Waals surface area contributed by atoms with Crippen LogP contribution in [0.5, 0.6) is 5.75 Å². The summed E-state index contributed by atoms with van der Waals surface area (Å²) in [4.78, 5) is 4.22.